The first-order valence-electron chi connectivity index (χ1n) is 9.97. The third-order valence-electron chi connectivity index (χ3n) is 4.72. The molecule has 0 aliphatic heterocycles. The molecule has 0 saturated carbocycles. The molecule has 0 N–H and O–H groups in total. The van der Waals surface area contributed by atoms with Gasteiger partial charge in [-0.05, 0) is 12.8 Å². The van der Waals surface area contributed by atoms with E-state index in [1.54, 1.807) is 0 Å². The molecular weight excluding hydrogens is 536 g/mol. The van der Waals surface area contributed by atoms with E-state index in [-0.39, 0.29) is 12.8 Å². The highest BCUT2D eigenvalue weighted by molar-refractivity contribution is 5.04. The minimum Gasteiger partial charge on any atom is -0.297 e. The van der Waals surface area contributed by atoms with Crippen LogP contribution in [0.4, 0.5) is 70.2 Å². The van der Waals surface area contributed by atoms with Crippen LogP contribution >= 0.6 is 0 Å². The lowest BCUT2D eigenvalue weighted by atomic mass is 9.92. The van der Waals surface area contributed by atoms with Crippen molar-refractivity contribution in [2.24, 2.45) is 0 Å². The summed E-state index contributed by atoms with van der Waals surface area (Å²) in [6.07, 6.45) is -27.7. The Morgan fingerprint density at radius 1 is 0.457 bits per heavy atom. The summed E-state index contributed by atoms with van der Waals surface area (Å²) >= 11 is 0. The van der Waals surface area contributed by atoms with Crippen LogP contribution in [0.25, 0.3) is 0 Å². The third-order valence-corrected chi connectivity index (χ3v) is 4.72. The second-order valence-corrected chi connectivity index (χ2v) is 7.91. The lowest BCUT2D eigenvalue weighted by Crippen LogP contribution is -2.67. The molecule has 2 unspecified atom stereocenters. The van der Waals surface area contributed by atoms with Crippen molar-refractivity contribution < 1.29 is 75.0 Å². The number of alkyl halides is 16. The fourth-order valence-corrected chi connectivity index (χ4v) is 2.85. The van der Waals surface area contributed by atoms with Crippen molar-refractivity contribution in [3.8, 4) is 0 Å². The van der Waals surface area contributed by atoms with Gasteiger partial charge in [0.05, 0.1) is 0 Å². The van der Waals surface area contributed by atoms with Crippen LogP contribution in [0.1, 0.15) is 65.2 Å². The van der Waals surface area contributed by atoms with E-state index in [4.69, 9.17) is 0 Å². The highest BCUT2D eigenvalue weighted by atomic mass is 19.4. The molecule has 0 heterocycles. The molecule has 0 amide bonds. The molecule has 0 aliphatic carbocycles. The molecule has 0 aliphatic rings. The Morgan fingerprint density at radius 3 is 0.914 bits per heavy atom. The van der Waals surface area contributed by atoms with Gasteiger partial charge in [0.15, 0.2) is 0 Å². The van der Waals surface area contributed by atoms with Crippen molar-refractivity contribution in [3.05, 3.63) is 0 Å². The zero-order valence-corrected chi connectivity index (χ0v) is 18.1. The Kier molecular flexibility index (Phi) is 10.3. The highest BCUT2D eigenvalue weighted by Crippen LogP contribution is 2.58. The summed E-state index contributed by atoms with van der Waals surface area (Å²) in [7, 11) is 0. The fraction of sp³-hybridized carbons (Fsp3) is 1.00. The minimum absolute atomic E-state index is 0.353. The van der Waals surface area contributed by atoms with Gasteiger partial charge in [0, 0.05) is 12.8 Å². The molecular formula is C18H22F16O. The van der Waals surface area contributed by atoms with E-state index in [1.807, 2.05) is 0 Å². The average molecular weight is 558 g/mol. The van der Waals surface area contributed by atoms with E-state index < -0.39 is 86.3 Å². The maximum atomic E-state index is 14.9. The number of ether oxygens (including phenoxy) is 1. The highest BCUT2D eigenvalue weighted by Gasteiger charge is 2.80. The van der Waals surface area contributed by atoms with E-state index in [2.05, 4.69) is 4.74 Å². The summed E-state index contributed by atoms with van der Waals surface area (Å²) in [5.41, 5.74) is 0. The fourth-order valence-electron chi connectivity index (χ4n) is 2.85. The van der Waals surface area contributed by atoms with Crippen LogP contribution in [0.2, 0.25) is 0 Å². The monoisotopic (exact) mass is 558 g/mol. The maximum Gasteiger partial charge on any atom is 0.394 e. The first-order valence-corrected chi connectivity index (χ1v) is 9.97. The lowest BCUT2D eigenvalue weighted by molar-refractivity contribution is -0.456. The van der Waals surface area contributed by atoms with Crippen LogP contribution in [0, 0.1) is 0 Å². The Labute approximate surface area is 189 Å². The Hall–Kier alpha value is -1.16. The zero-order valence-electron chi connectivity index (χ0n) is 18.1. The summed E-state index contributed by atoms with van der Waals surface area (Å²) in [6.45, 7) is 2.19. The van der Waals surface area contributed by atoms with Crippen LogP contribution in [-0.2, 0) is 4.74 Å². The van der Waals surface area contributed by atoms with Gasteiger partial charge in [0.25, 0.3) is 11.7 Å². The van der Waals surface area contributed by atoms with E-state index in [0.29, 0.717) is 0 Å². The predicted octanol–water partition coefficient (Wildman–Crippen LogP) is 9.16. The molecule has 0 radical (unpaired) electrons. The topological polar surface area (TPSA) is 9.23 Å². The van der Waals surface area contributed by atoms with Crippen molar-refractivity contribution in [1.29, 1.82) is 0 Å². The predicted molar refractivity (Wildman–Crippen MR) is 88.9 cm³/mol. The van der Waals surface area contributed by atoms with Gasteiger partial charge in [-0.1, -0.05) is 26.7 Å². The van der Waals surface area contributed by atoms with Gasteiger partial charge in [0.1, 0.15) is 12.8 Å². The van der Waals surface area contributed by atoms with Gasteiger partial charge in [-0.2, -0.15) is 61.5 Å². The number of unbranched alkanes of at least 4 members (excludes halogenated alkanes) is 2. The largest absolute Gasteiger partial charge is 0.394 e. The zero-order chi connectivity index (χ0) is 28.4. The summed E-state index contributed by atoms with van der Waals surface area (Å²) in [5.74, 6) is -38.9. The SMILES string of the molecule is CCCCC(F)(F)C(F)(F)C(F)(CC(F)(F)F)OC(F)(CC(F)(F)F)C(F)(F)C(F)(F)CCCC. The minimum atomic E-state index is -6.90. The van der Waals surface area contributed by atoms with E-state index >= 15 is 0 Å². The summed E-state index contributed by atoms with van der Waals surface area (Å²) in [5, 5.41) is 0. The molecule has 212 valence electrons. The molecule has 0 saturated heterocycles. The van der Waals surface area contributed by atoms with Gasteiger partial charge in [-0.15, -0.1) is 0 Å². The molecule has 0 aromatic carbocycles. The molecule has 1 nitrogen and oxygen atoms in total. The lowest BCUT2D eigenvalue weighted by Gasteiger charge is -2.45. The van der Waals surface area contributed by atoms with E-state index in [0.717, 1.165) is 13.8 Å². The van der Waals surface area contributed by atoms with Gasteiger partial charge in [-0.3, -0.25) is 4.74 Å². The Morgan fingerprint density at radius 2 is 0.714 bits per heavy atom. The van der Waals surface area contributed by atoms with Gasteiger partial charge < -0.3 is 0 Å². The number of hydrogen-bond donors (Lipinski definition) is 0. The van der Waals surface area contributed by atoms with Crippen molar-refractivity contribution in [3.63, 3.8) is 0 Å². The number of halogens is 16. The van der Waals surface area contributed by atoms with Crippen molar-refractivity contribution in [2.75, 3.05) is 0 Å². The van der Waals surface area contributed by atoms with Gasteiger partial charge in [0.2, 0.25) is 0 Å². The van der Waals surface area contributed by atoms with Crippen molar-refractivity contribution >= 4 is 0 Å². The molecule has 0 spiro atoms. The average Bonchev–Trinajstić information content (AvgIpc) is 2.60. The van der Waals surface area contributed by atoms with Gasteiger partial charge >= 0.3 is 36.0 Å². The quantitative estimate of drug-likeness (QED) is 0.193. The van der Waals surface area contributed by atoms with Crippen LogP contribution in [-0.4, -0.2) is 47.8 Å². The Balaban J connectivity index is 6.98. The molecule has 0 fully saturated rings. The molecule has 0 bridgehead atoms. The number of rotatable bonds is 14. The first-order chi connectivity index (χ1) is 15.2. The van der Waals surface area contributed by atoms with E-state index in [1.165, 1.54) is 0 Å². The summed E-state index contributed by atoms with van der Waals surface area (Å²) in [6, 6.07) is 0. The first kappa shape index (κ1) is 33.8. The summed E-state index contributed by atoms with van der Waals surface area (Å²) in [4.78, 5) is 0. The molecule has 2 atom stereocenters. The molecule has 35 heavy (non-hydrogen) atoms. The maximum absolute atomic E-state index is 14.9. The second-order valence-electron chi connectivity index (χ2n) is 7.91. The van der Waals surface area contributed by atoms with Crippen LogP contribution < -0.4 is 0 Å². The third kappa shape index (κ3) is 7.91. The van der Waals surface area contributed by atoms with Crippen LogP contribution in [0.5, 0.6) is 0 Å². The molecule has 0 aromatic rings. The summed E-state index contributed by atoms with van der Waals surface area (Å²) < 4.78 is 222. The standard InChI is InChI=1S/C18H22F16O/c1-3-5-7-11(19,20)17(31,32)13(23,9-15(25,26)27)35-14(24,10-16(28,29)30)18(33,34)12(21,22)8-6-4-2/h3-10H2,1-2H3. The van der Waals surface area contributed by atoms with Crippen molar-refractivity contribution in [1.82, 2.24) is 0 Å². The molecule has 17 heteroatoms. The molecule has 0 aromatic heterocycles. The van der Waals surface area contributed by atoms with Crippen LogP contribution in [0.3, 0.4) is 0 Å². The van der Waals surface area contributed by atoms with Gasteiger partial charge in [-0.25, -0.2) is 8.78 Å². The van der Waals surface area contributed by atoms with Crippen molar-refractivity contribution in [2.45, 2.75) is 113 Å². The normalized spacial score (nSPS) is 18.3. The molecule has 0 rings (SSSR count). The smallest absolute Gasteiger partial charge is 0.297 e. The second kappa shape index (κ2) is 10.7. The number of hydrogen-bond acceptors (Lipinski definition) is 1. The van der Waals surface area contributed by atoms with Crippen LogP contribution in [0.15, 0.2) is 0 Å². The Bertz CT molecular complexity index is 614. The van der Waals surface area contributed by atoms with E-state index in [9.17, 15) is 70.2 Å².